The molecule has 5 heteroatoms. The topological polar surface area (TPSA) is 84.2 Å². The molecule has 0 aliphatic heterocycles. The molecule has 0 saturated carbocycles. The molecular formula is C9H19N3O2. The van der Waals surface area contributed by atoms with Gasteiger partial charge in [-0.1, -0.05) is 13.8 Å². The van der Waals surface area contributed by atoms with E-state index in [1.165, 1.54) is 0 Å². The Hall–Kier alpha value is -1.10. The third-order valence-electron chi connectivity index (χ3n) is 1.64. The molecule has 0 aliphatic rings. The van der Waals surface area contributed by atoms with E-state index in [0.717, 1.165) is 6.42 Å². The summed E-state index contributed by atoms with van der Waals surface area (Å²) in [5.74, 6) is -0.680. The molecule has 0 atom stereocenters. The van der Waals surface area contributed by atoms with Gasteiger partial charge in [0.1, 0.15) is 0 Å². The number of nitrogens with two attached hydrogens (primary N) is 1. The third kappa shape index (κ3) is 6.42. The summed E-state index contributed by atoms with van der Waals surface area (Å²) in [5, 5.41) is 4.93. The summed E-state index contributed by atoms with van der Waals surface area (Å²) in [5.41, 5.74) is 5.17. The van der Waals surface area contributed by atoms with Gasteiger partial charge in [-0.15, -0.1) is 0 Å². The fourth-order valence-electron chi connectivity index (χ4n) is 0.821. The highest BCUT2D eigenvalue weighted by Crippen LogP contribution is 1.95. The number of carbonyl (C=O) groups excluding carboxylic acids is 2. The molecular weight excluding hydrogens is 182 g/mol. The Kier molecular flexibility index (Phi) is 6.74. The van der Waals surface area contributed by atoms with Crippen molar-refractivity contribution in [3.05, 3.63) is 0 Å². The van der Waals surface area contributed by atoms with Crippen molar-refractivity contribution in [3.63, 3.8) is 0 Å². The van der Waals surface area contributed by atoms with Crippen LogP contribution in [0, 0.1) is 5.92 Å². The number of hydrogen-bond donors (Lipinski definition) is 3. The smallest absolute Gasteiger partial charge is 0.309 e. The second-order valence-electron chi connectivity index (χ2n) is 3.48. The Labute approximate surface area is 84.4 Å². The van der Waals surface area contributed by atoms with Gasteiger partial charge >= 0.3 is 11.8 Å². The minimum Gasteiger partial charge on any atom is -0.348 e. The maximum Gasteiger partial charge on any atom is 0.309 e. The van der Waals surface area contributed by atoms with Gasteiger partial charge in [0.05, 0.1) is 0 Å². The SMILES string of the molecule is CC(C)CCNC(=O)C(=O)NCCN. The summed E-state index contributed by atoms with van der Waals surface area (Å²) in [6, 6.07) is 0. The van der Waals surface area contributed by atoms with Crippen LogP contribution in [0.5, 0.6) is 0 Å². The van der Waals surface area contributed by atoms with Gasteiger partial charge in [0.15, 0.2) is 0 Å². The van der Waals surface area contributed by atoms with E-state index in [1.54, 1.807) is 0 Å². The predicted molar refractivity (Wildman–Crippen MR) is 54.5 cm³/mol. The second kappa shape index (κ2) is 7.32. The van der Waals surface area contributed by atoms with Gasteiger partial charge < -0.3 is 16.4 Å². The van der Waals surface area contributed by atoms with Crippen molar-refractivity contribution in [3.8, 4) is 0 Å². The summed E-state index contributed by atoms with van der Waals surface area (Å²) in [4.78, 5) is 22.1. The summed E-state index contributed by atoms with van der Waals surface area (Å²) < 4.78 is 0. The van der Waals surface area contributed by atoms with Crippen LogP contribution < -0.4 is 16.4 Å². The first-order valence-corrected chi connectivity index (χ1v) is 4.84. The molecule has 0 heterocycles. The standard InChI is InChI=1S/C9H19N3O2/c1-7(2)3-5-11-8(13)9(14)12-6-4-10/h7H,3-6,10H2,1-2H3,(H,11,13)(H,12,14). The zero-order valence-electron chi connectivity index (χ0n) is 8.80. The summed E-state index contributed by atoms with van der Waals surface area (Å²) in [6.07, 6.45) is 0.871. The van der Waals surface area contributed by atoms with E-state index in [1.807, 2.05) is 0 Å². The summed E-state index contributed by atoms with van der Waals surface area (Å²) in [6.45, 7) is 5.31. The number of nitrogens with one attached hydrogen (secondary N) is 2. The Bertz CT molecular complexity index is 192. The highest BCUT2D eigenvalue weighted by Gasteiger charge is 2.11. The lowest BCUT2D eigenvalue weighted by Crippen LogP contribution is -2.42. The van der Waals surface area contributed by atoms with E-state index in [2.05, 4.69) is 24.5 Å². The minimum absolute atomic E-state index is 0.330. The highest BCUT2D eigenvalue weighted by molar-refractivity contribution is 6.35. The van der Waals surface area contributed by atoms with E-state index in [9.17, 15) is 9.59 Å². The van der Waals surface area contributed by atoms with Crippen LogP contribution in [0.3, 0.4) is 0 Å². The molecule has 0 bridgehead atoms. The molecule has 0 spiro atoms. The van der Waals surface area contributed by atoms with Crippen molar-refractivity contribution in [2.45, 2.75) is 20.3 Å². The molecule has 14 heavy (non-hydrogen) atoms. The van der Waals surface area contributed by atoms with Gasteiger partial charge in [0.2, 0.25) is 0 Å². The lowest BCUT2D eigenvalue weighted by atomic mass is 10.1. The Morgan fingerprint density at radius 3 is 2.07 bits per heavy atom. The van der Waals surface area contributed by atoms with E-state index in [4.69, 9.17) is 5.73 Å². The molecule has 2 amide bonds. The van der Waals surface area contributed by atoms with Crippen LogP contribution in [0.2, 0.25) is 0 Å². The van der Waals surface area contributed by atoms with Crippen molar-refractivity contribution in [1.29, 1.82) is 0 Å². The molecule has 0 radical (unpaired) electrons. The minimum atomic E-state index is -0.612. The fourth-order valence-corrected chi connectivity index (χ4v) is 0.821. The summed E-state index contributed by atoms with van der Waals surface area (Å²) in [7, 11) is 0. The first-order valence-electron chi connectivity index (χ1n) is 4.84. The van der Waals surface area contributed by atoms with Crippen molar-refractivity contribution >= 4 is 11.8 Å². The van der Waals surface area contributed by atoms with Gasteiger partial charge in [-0.2, -0.15) is 0 Å². The Morgan fingerprint density at radius 1 is 1.14 bits per heavy atom. The van der Waals surface area contributed by atoms with Gasteiger partial charge in [-0.25, -0.2) is 0 Å². The van der Waals surface area contributed by atoms with Crippen LogP contribution >= 0.6 is 0 Å². The van der Waals surface area contributed by atoms with Crippen molar-refractivity contribution in [2.75, 3.05) is 19.6 Å². The Balaban J connectivity index is 3.57. The van der Waals surface area contributed by atoms with Gasteiger partial charge in [-0.3, -0.25) is 9.59 Å². The third-order valence-corrected chi connectivity index (χ3v) is 1.64. The highest BCUT2D eigenvalue weighted by atomic mass is 16.2. The molecule has 0 aliphatic carbocycles. The molecule has 0 fully saturated rings. The fraction of sp³-hybridized carbons (Fsp3) is 0.778. The maximum absolute atomic E-state index is 11.1. The van der Waals surface area contributed by atoms with E-state index in [0.29, 0.717) is 25.6 Å². The molecule has 82 valence electrons. The van der Waals surface area contributed by atoms with Crippen LogP contribution in [-0.2, 0) is 9.59 Å². The van der Waals surface area contributed by atoms with Crippen molar-refractivity contribution in [2.24, 2.45) is 11.7 Å². The molecule has 0 unspecified atom stereocenters. The van der Waals surface area contributed by atoms with Gasteiger partial charge in [-0.05, 0) is 12.3 Å². The van der Waals surface area contributed by atoms with Crippen LogP contribution in [0.25, 0.3) is 0 Å². The first kappa shape index (κ1) is 12.9. The molecule has 0 aromatic carbocycles. The summed E-state index contributed by atoms with van der Waals surface area (Å²) >= 11 is 0. The molecule has 0 aromatic heterocycles. The molecule has 4 N–H and O–H groups in total. The van der Waals surface area contributed by atoms with E-state index in [-0.39, 0.29) is 0 Å². The van der Waals surface area contributed by atoms with Crippen LogP contribution in [-0.4, -0.2) is 31.4 Å². The van der Waals surface area contributed by atoms with E-state index < -0.39 is 11.8 Å². The van der Waals surface area contributed by atoms with Gasteiger partial charge in [0.25, 0.3) is 0 Å². The molecule has 0 rings (SSSR count). The molecule has 0 saturated heterocycles. The van der Waals surface area contributed by atoms with Crippen molar-refractivity contribution < 1.29 is 9.59 Å². The average Bonchev–Trinajstić information content (AvgIpc) is 2.13. The average molecular weight is 201 g/mol. The van der Waals surface area contributed by atoms with Crippen LogP contribution in [0.1, 0.15) is 20.3 Å². The molecule has 5 nitrogen and oxygen atoms in total. The second-order valence-corrected chi connectivity index (χ2v) is 3.48. The van der Waals surface area contributed by atoms with Crippen LogP contribution in [0.4, 0.5) is 0 Å². The predicted octanol–water partition coefficient (Wildman–Crippen LogP) is -0.776. The van der Waals surface area contributed by atoms with Crippen LogP contribution in [0.15, 0.2) is 0 Å². The lowest BCUT2D eigenvalue weighted by Gasteiger charge is -2.06. The maximum atomic E-state index is 11.1. The van der Waals surface area contributed by atoms with E-state index >= 15 is 0 Å². The number of hydrogen-bond acceptors (Lipinski definition) is 3. The first-order chi connectivity index (χ1) is 6.57. The number of rotatable bonds is 5. The quantitative estimate of drug-likeness (QED) is 0.510. The number of amides is 2. The Morgan fingerprint density at radius 2 is 1.64 bits per heavy atom. The van der Waals surface area contributed by atoms with Crippen molar-refractivity contribution in [1.82, 2.24) is 10.6 Å². The zero-order valence-corrected chi connectivity index (χ0v) is 8.80. The normalized spacial score (nSPS) is 10.0. The largest absolute Gasteiger partial charge is 0.348 e. The monoisotopic (exact) mass is 201 g/mol. The molecule has 0 aromatic rings. The zero-order chi connectivity index (χ0) is 11.0. The van der Waals surface area contributed by atoms with Gasteiger partial charge in [0, 0.05) is 19.6 Å². The lowest BCUT2D eigenvalue weighted by molar-refractivity contribution is -0.139. The number of carbonyl (C=O) groups is 2.